The number of hydrogen-bond donors (Lipinski definition) is 3. The van der Waals surface area contributed by atoms with Gasteiger partial charge in [0.15, 0.2) is 0 Å². The van der Waals surface area contributed by atoms with E-state index in [9.17, 15) is 5.11 Å². The lowest BCUT2D eigenvalue weighted by Gasteiger charge is -2.16. The van der Waals surface area contributed by atoms with Crippen molar-refractivity contribution in [2.24, 2.45) is 0 Å². The summed E-state index contributed by atoms with van der Waals surface area (Å²) < 4.78 is 0.468. The minimum absolute atomic E-state index is 0.462. The molecule has 0 aliphatic heterocycles. The molecule has 0 fully saturated rings. The zero-order valence-corrected chi connectivity index (χ0v) is 8.35. The van der Waals surface area contributed by atoms with Gasteiger partial charge >= 0.3 is 0 Å². The van der Waals surface area contributed by atoms with Crippen molar-refractivity contribution < 1.29 is 15.3 Å². The van der Waals surface area contributed by atoms with Crippen LogP contribution >= 0.6 is 15.9 Å². The Morgan fingerprint density at radius 3 is 2.69 bits per heavy atom. The third kappa shape index (κ3) is 2.47. The average Bonchev–Trinajstić information content (AvgIpc) is 2.16. The van der Waals surface area contributed by atoms with Crippen molar-refractivity contribution in [1.82, 2.24) is 4.98 Å². The van der Waals surface area contributed by atoms with E-state index < -0.39 is 18.8 Å². The van der Waals surface area contributed by atoms with Crippen molar-refractivity contribution in [3.05, 3.63) is 28.5 Å². The Morgan fingerprint density at radius 1 is 1.46 bits per heavy atom. The van der Waals surface area contributed by atoms with Gasteiger partial charge in [0.25, 0.3) is 0 Å². The molecule has 0 bridgehead atoms. The smallest absolute Gasteiger partial charge is 0.111 e. The maximum atomic E-state index is 9.49. The fourth-order valence-corrected chi connectivity index (χ4v) is 1.41. The highest BCUT2D eigenvalue weighted by Gasteiger charge is 2.19. The van der Waals surface area contributed by atoms with Gasteiger partial charge in [-0.1, -0.05) is 6.07 Å². The topological polar surface area (TPSA) is 73.6 Å². The third-order valence-electron chi connectivity index (χ3n) is 1.66. The highest BCUT2D eigenvalue weighted by atomic mass is 79.9. The molecule has 0 saturated heterocycles. The van der Waals surface area contributed by atoms with E-state index in [1.54, 1.807) is 18.3 Å². The van der Waals surface area contributed by atoms with Crippen molar-refractivity contribution >= 4 is 15.9 Å². The predicted octanol–water partition coefficient (Wildman–Crippen LogP) is 0.231. The molecule has 72 valence electrons. The summed E-state index contributed by atoms with van der Waals surface area (Å²) >= 11 is 3.13. The summed E-state index contributed by atoms with van der Waals surface area (Å²) in [5, 5.41) is 27.3. The van der Waals surface area contributed by atoms with E-state index >= 15 is 0 Å². The lowest BCUT2D eigenvalue weighted by atomic mass is 10.1. The summed E-state index contributed by atoms with van der Waals surface area (Å²) in [5.74, 6) is 0. The Bertz CT molecular complexity index is 282. The fraction of sp³-hybridized carbons (Fsp3) is 0.375. The summed E-state index contributed by atoms with van der Waals surface area (Å²) in [4.78, 5) is 3.88. The summed E-state index contributed by atoms with van der Waals surface area (Å²) in [6.45, 7) is -0.484. The lowest BCUT2D eigenvalue weighted by Crippen LogP contribution is -2.22. The first-order chi connectivity index (χ1) is 6.16. The van der Waals surface area contributed by atoms with E-state index in [2.05, 4.69) is 20.9 Å². The molecule has 2 atom stereocenters. The van der Waals surface area contributed by atoms with Crippen LogP contribution in [0, 0.1) is 0 Å². The first-order valence-electron chi connectivity index (χ1n) is 3.74. The summed E-state index contributed by atoms with van der Waals surface area (Å²) in [6, 6.07) is 3.27. The van der Waals surface area contributed by atoms with Crippen molar-refractivity contribution in [3.63, 3.8) is 0 Å². The number of nitrogens with zero attached hydrogens (tertiary/aromatic N) is 1. The van der Waals surface area contributed by atoms with Gasteiger partial charge in [-0.25, -0.2) is 4.98 Å². The van der Waals surface area contributed by atoms with Gasteiger partial charge in [-0.2, -0.15) is 0 Å². The van der Waals surface area contributed by atoms with Gasteiger partial charge in [-0.3, -0.25) is 0 Å². The Kier molecular flexibility index (Phi) is 3.80. The number of rotatable bonds is 3. The Morgan fingerprint density at radius 2 is 2.15 bits per heavy atom. The van der Waals surface area contributed by atoms with Crippen molar-refractivity contribution in [1.29, 1.82) is 0 Å². The fourth-order valence-electron chi connectivity index (χ4n) is 0.926. The summed E-state index contributed by atoms with van der Waals surface area (Å²) in [5.41, 5.74) is 0.462. The number of pyridine rings is 1. The zero-order chi connectivity index (χ0) is 9.84. The highest BCUT2D eigenvalue weighted by molar-refractivity contribution is 9.10. The maximum Gasteiger partial charge on any atom is 0.111 e. The molecular formula is C8H10BrNO3. The molecule has 0 radical (unpaired) electrons. The molecule has 2 unspecified atom stereocenters. The van der Waals surface area contributed by atoms with Gasteiger partial charge in [0, 0.05) is 11.8 Å². The van der Waals surface area contributed by atoms with Crippen LogP contribution < -0.4 is 0 Å². The maximum absolute atomic E-state index is 9.49. The summed E-state index contributed by atoms with van der Waals surface area (Å²) in [7, 11) is 0. The van der Waals surface area contributed by atoms with Crippen molar-refractivity contribution in [2.75, 3.05) is 6.61 Å². The van der Waals surface area contributed by atoms with Crippen LogP contribution in [-0.2, 0) is 0 Å². The Labute approximate surface area is 84.0 Å². The van der Waals surface area contributed by atoms with Crippen LogP contribution in [0.4, 0.5) is 0 Å². The average molecular weight is 248 g/mol. The van der Waals surface area contributed by atoms with Gasteiger partial charge in [0.05, 0.1) is 6.61 Å². The summed E-state index contributed by atoms with van der Waals surface area (Å²) in [6.07, 6.45) is -0.736. The van der Waals surface area contributed by atoms with Crippen LogP contribution in [-0.4, -0.2) is 33.0 Å². The minimum Gasteiger partial charge on any atom is -0.394 e. The third-order valence-corrected chi connectivity index (χ3v) is 2.32. The molecule has 13 heavy (non-hydrogen) atoms. The van der Waals surface area contributed by atoms with Gasteiger partial charge in [-0.05, 0) is 22.0 Å². The molecule has 0 saturated carbocycles. The normalized spacial score (nSPS) is 15.4. The van der Waals surface area contributed by atoms with E-state index in [0.717, 1.165) is 0 Å². The predicted molar refractivity (Wildman–Crippen MR) is 50.0 cm³/mol. The molecule has 0 aromatic carbocycles. The van der Waals surface area contributed by atoms with Crippen LogP contribution in [0.15, 0.2) is 22.9 Å². The van der Waals surface area contributed by atoms with Gasteiger partial charge in [0.1, 0.15) is 16.8 Å². The van der Waals surface area contributed by atoms with Gasteiger partial charge < -0.3 is 15.3 Å². The number of aliphatic hydroxyl groups is 3. The molecule has 0 aliphatic carbocycles. The Hall–Kier alpha value is -0.490. The van der Waals surface area contributed by atoms with E-state index in [0.29, 0.717) is 10.2 Å². The molecule has 1 heterocycles. The van der Waals surface area contributed by atoms with E-state index in [4.69, 9.17) is 10.2 Å². The molecule has 1 aromatic rings. The Balaban J connectivity index is 2.88. The number of halogens is 1. The van der Waals surface area contributed by atoms with E-state index in [1.807, 2.05) is 0 Å². The van der Waals surface area contributed by atoms with Gasteiger partial charge in [0.2, 0.25) is 0 Å². The molecule has 1 aromatic heterocycles. The van der Waals surface area contributed by atoms with Crippen LogP contribution in [0.5, 0.6) is 0 Å². The largest absolute Gasteiger partial charge is 0.394 e. The SMILES string of the molecule is OCC(O)C(O)c1cccnc1Br. The molecule has 0 aliphatic rings. The van der Waals surface area contributed by atoms with Crippen LogP contribution in [0.1, 0.15) is 11.7 Å². The number of aliphatic hydroxyl groups excluding tert-OH is 3. The van der Waals surface area contributed by atoms with E-state index in [1.165, 1.54) is 0 Å². The standard InChI is InChI=1S/C8H10BrNO3/c9-8-5(2-1-3-10-8)7(13)6(12)4-11/h1-3,6-7,11-13H,4H2. The second-order valence-corrected chi connectivity index (χ2v) is 3.33. The monoisotopic (exact) mass is 247 g/mol. The quantitative estimate of drug-likeness (QED) is 0.669. The molecule has 4 nitrogen and oxygen atoms in total. The molecule has 5 heteroatoms. The highest BCUT2D eigenvalue weighted by Crippen LogP contribution is 2.23. The van der Waals surface area contributed by atoms with Crippen LogP contribution in [0.3, 0.4) is 0 Å². The van der Waals surface area contributed by atoms with Crippen molar-refractivity contribution in [3.8, 4) is 0 Å². The van der Waals surface area contributed by atoms with Crippen molar-refractivity contribution in [2.45, 2.75) is 12.2 Å². The lowest BCUT2D eigenvalue weighted by molar-refractivity contribution is -0.0157. The number of aromatic nitrogens is 1. The molecule has 0 spiro atoms. The zero-order valence-electron chi connectivity index (χ0n) is 6.76. The second kappa shape index (κ2) is 4.66. The van der Waals surface area contributed by atoms with E-state index in [-0.39, 0.29) is 0 Å². The molecule has 3 N–H and O–H groups in total. The van der Waals surface area contributed by atoms with Gasteiger partial charge in [-0.15, -0.1) is 0 Å². The first-order valence-corrected chi connectivity index (χ1v) is 4.53. The number of hydrogen-bond acceptors (Lipinski definition) is 4. The van der Waals surface area contributed by atoms with Crippen LogP contribution in [0.25, 0.3) is 0 Å². The van der Waals surface area contributed by atoms with Crippen LogP contribution in [0.2, 0.25) is 0 Å². The molecular weight excluding hydrogens is 238 g/mol. The minimum atomic E-state index is -1.18. The first kappa shape index (κ1) is 10.6. The second-order valence-electron chi connectivity index (χ2n) is 2.58. The molecule has 0 amide bonds. The molecule has 1 rings (SSSR count).